The summed E-state index contributed by atoms with van der Waals surface area (Å²) < 4.78 is 0.201. The van der Waals surface area contributed by atoms with Crippen LogP contribution in [0.2, 0.25) is 0 Å². The summed E-state index contributed by atoms with van der Waals surface area (Å²) in [5, 5.41) is 10.3. The van der Waals surface area contributed by atoms with Crippen molar-refractivity contribution in [1.82, 2.24) is 5.32 Å². The molecular formula is C3H7K2NO2S2. The summed E-state index contributed by atoms with van der Waals surface area (Å²) in [6, 6.07) is 0. The van der Waals surface area contributed by atoms with Gasteiger partial charge in [-0.25, -0.2) is 0 Å². The summed E-state index contributed by atoms with van der Waals surface area (Å²) >= 11 is 8.03. The van der Waals surface area contributed by atoms with Crippen molar-refractivity contribution in [2.75, 3.05) is 6.54 Å². The molecule has 0 fully saturated rings. The zero-order valence-corrected chi connectivity index (χ0v) is 13.9. The van der Waals surface area contributed by atoms with E-state index in [1.54, 1.807) is 0 Å². The van der Waals surface area contributed by atoms with Gasteiger partial charge in [0.1, 0.15) is 10.9 Å². The summed E-state index contributed by atoms with van der Waals surface area (Å²) in [5.41, 5.74) is 0. The van der Waals surface area contributed by atoms with Crippen LogP contribution in [0.25, 0.3) is 0 Å². The molecule has 0 aliphatic rings. The maximum Gasteiger partial charge on any atom is 1.00 e. The molecule has 0 aromatic rings. The predicted octanol–water partition coefficient (Wildman–Crippen LogP) is -5.89. The smallest absolute Gasteiger partial charge is 1.00 e. The Balaban J connectivity index is -0.0000000408. The van der Waals surface area contributed by atoms with Crippen LogP contribution >= 0.6 is 24.8 Å². The van der Waals surface area contributed by atoms with E-state index >= 15 is 0 Å². The second-order valence-electron chi connectivity index (χ2n) is 1.05. The standard InChI is InChI=1S/C3H5NO2S2.2K.2H/c5-2(6)1-4-3(7)8;;;;/h1H2,(H,5,6)(H2,4,7,8);;;;/q;2*+1;2*-1. The molecule has 50 valence electrons. The summed E-state index contributed by atoms with van der Waals surface area (Å²) in [5.74, 6) is -0.943. The minimum Gasteiger partial charge on any atom is -1.00 e. The normalized spacial score (nSPS) is 6.50. The molecular weight excluding hydrogens is 224 g/mol. The van der Waals surface area contributed by atoms with Gasteiger partial charge in [-0.3, -0.25) is 4.79 Å². The van der Waals surface area contributed by atoms with E-state index in [1.807, 2.05) is 0 Å². The Morgan fingerprint density at radius 1 is 1.70 bits per heavy atom. The van der Waals surface area contributed by atoms with Crippen LogP contribution < -0.4 is 108 Å². The molecule has 0 rings (SSSR count). The predicted molar refractivity (Wildman–Crippen MR) is 39.4 cm³/mol. The second kappa shape index (κ2) is 12.0. The summed E-state index contributed by atoms with van der Waals surface area (Å²) in [6.07, 6.45) is 0. The Morgan fingerprint density at radius 3 is 2.20 bits per heavy atom. The molecule has 0 heterocycles. The number of thiocarbonyl (C=S) groups is 1. The third-order valence-corrected chi connectivity index (χ3v) is 0.693. The number of carboxylic acid groups (broad SMARTS) is 1. The largest absolute Gasteiger partial charge is 1.00 e. The van der Waals surface area contributed by atoms with Crippen molar-refractivity contribution in [3.63, 3.8) is 0 Å². The molecule has 0 atom stereocenters. The van der Waals surface area contributed by atoms with Crippen molar-refractivity contribution in [1.29, 1.82) is 0 Å². The third-order valence-electron chi connectivity index (χ3n) is 0.391. The van der Waals surface area contributed by atoms with Crippen LogP contribution in [-0.4, -0.2) is 21.9 Å². The first-order valence-electron chi connectivity index (χ1n) is 1.81. The third kappa shape index (κ3) is 17.2. The maximum atomic E-state index is 9.75. The van der Waals surface area contributed by atoms with Gasteiger partial charge in [-0.1, -0.05) is 12.2 Å². The van der Waals surface area contributed by atoms with E-state index in [-0.39, 0.29) is 116 Å². The summed E-state index contributed by atoms with van der Waals surface area (Å²) in [6.45, 7) is -0.164. The van der Waals surface area contributed by atoms with Crippen molar-refractivity contribution < 1.29 is 116 Å². The van der Waals surface area contributed by atoms with Crippen LogP contribution in [0.5, 0.6) is 0 Å². The minimum absolute atomic E-state index is 0. The van der Waals surface area contributed by atoms with Crippen LogP contribution in [0, 0.1) is 0 Å². The van der Waals surface area contributed by atoms with Gasteiger partial charge in [-0.05, 0) is 0 Å². The van der Waals surface area contributed by atoms with E-state index in [2.05, 4.69) is 30.2 Å². The van der Waals surface area contributed by atoms with Gasteiger partial charge in [-0.15, -0.1) is 12.6 Å². The molecule has 0 radical (unpaired) electrons. The molecule has 0 aliphatic heterocycles. The van der Waals surface area contributed by atoms with Crippen LogP contribution in [0.15, 0.2) is 0 Å². The molecule has 10 heavy (non-hydrogen) atoms. The van der Waals surface area contributed by atoms with Crippen molar-refractivity contribution in [3.05, 3.63) is 0 Å². The number of nitrogens with one attached hydrogen (secondary N) is 1. The molecule has 3 nitrogen and oxygen atoms in total. The van der Waals surface area contributed by atoms with Crippen LogP contribution in [-0.2, 0) is 4.79 Å². The van der Waals surface area contributed by atoms with Gasteiger partial charge in [0.2, 0.25) is 0 Å². The summed E-state index contributed by atoms with van der Waals surface area (Å²) in [7, 11) is 0. The quantitative estimate of drug-likeness (QED) is 0.252. The number of thiol groups is 1. The second-order valence-corrected chi connectivity index (χ2v) is 2.21. The van der Waals surface area contributed by atoms with E-state index in [9.17, 15) is 4.79 Å². The first-order valence-corrected chi connectivity index (χ1v) is 2.67. The molecule has 0 aromatic heterocycles. The molecule has 0 saturated heterocycles. The molecule has 0 unspecified atom stereocenters. The van der Waals surface area contributed by atoms with Gasteiger partial charge in [0, 0.05) is 0 Å². The average molecular weight is 231 g/mol. The van der Waals surface area contributed by atoms with Gasteiger partial charge >= 0.3 is 109 Å². The Kier molecular flexibility index (Phi) is 22.4. The first-order chi connectivity index (χ1) is 3.63. The van der Waals surface area contributed by atoms with Crippen molar-refractivity contribution in [2.24, 2.45) is 0 Å². The number of hydrogen-bond donors (Lipinski definition) is 3. The van der Waals surface area contributed by atoms with Gasteiger partial charge in [0.25, 0.3) is 0 Å². The van der Waals surface area contributed by atoms with Gasteiger partial charge in [0.15, 0.2) is 0 Å². The van der Waals surface area contributed by atoms with Crippen molar-refractivity contribution in [2.45, 2.75) is 0 Å². The molecule has 2 N–H and O–H groups in total. The molecule has 0 bridgehead atoms. The minimum atomic E-state index is -0.943. The Morgan fingerprint density at radius 2 is 2.10 bits per heavy atom. The molecule has 0 aromatic carbocycles. The zero-order valence-electron chi connectivity index (χ0n) is 7.92. The molecule has 0 spiro atoms. The van der Waals surface area contributed by atoms with E-state index in [0.29, 0.717) is 0 Å². The van der Waals surface area contributed by atoms with Crippen molar-refractivity contribution in [3.8, 4) is 0 Å². The first kappa shape index (κ1) is 18.7. The van der Waals surface area contributed by atoms with E-state index in [1.165, 1.54) is 0 Å². The monoisotopic (exact) mass is 231 g/mol. The van der Waals surface area contributed by atoms with Crippen LogP contribution in [0.4, 0.5) is 0 Å². The number of hydrogen-bond acceptors (Lipinski definition) is 2. The Labute approximate surface area is 158 Å². The average Bonchev–Trinajstić information content (AvgIpc) is 1.61. The topological polar surface area (TPSA) is 49.3 Å². The molecule has 7 heteroatoms. The fourth-order valence-corrected chi connectivity index (χ4v) is 0.302. The van der Waals surface area contributed by atoms with Gasteiger partial charge < -0.3 is 13.3 Å². The van der Waals surface area contributed by atoms with Crippen LogP contribution in [0.3, 0.4) is 0 Å². The van der Waals surface area contributed by atoms with E-state index in [4.69, 9.17) is 5.11 Å². The van der Waals surface area contributed by atoms with Crippen molar-refractivity contribution >= 4 is 35.1 Å². The number of rotatable bonds is 2. The number of aliphatic carboxylic acids is 1. The number of carbonyl (C=O) groups is 1. The zero-order chi connectivity index (χ0) is 6.57. The fraction of sp³-hybridized carbons (Fsp3) is 0.333. The summed E-state index contributed by atoms with van der Waals surface area (Å²) in [4.78, 5) is 9.75. The molecule has 0 aliphatic carbocycles. The maximum absolute atomic E-state index is 9.75. The number of carboxylic acids is 1. The van der Waals surface area contributed by atoms with E-state index < -0.39 is 5.97 Å². The van der Waals surface area contributed by atoms with Gasteiger partial charge in [-0.2, -0.15) is 0 Å². The molecule has 0 saturated carbocycles. The van der Waals surface area contributed by atoms with Gasteiger partial charge in [0.05, 0.1) is 0 Å². The molecule has 0 amide bonds. The van der Waals surface area contributed by atoms with Crippen LogP contribution in [0.1, 0.15) is 2.85 Å². The SMILES string of the molecule is O=C(O)CNC(=S)S.[H-].[H-].[K+].[K+]. The Bertz CT molecular complexity index is 115. The Hall–Kier alpha value is 2.98. The van der Waals surface area contributed by atoms with E-state index in [0.717, 1.165) is 0 Å². The fourth-order valence-electron chi connectivity index (χ4n) is 0.151.